The summed E-state index contributed by atoms with van der Waals surface area (Å²) in [4.78, 5) is 37.0. The molecule has 0 aromatic carbocycles. The van der Waals surface area contributed by atoms with Crippen LogP contribution in [0.25, 0.3) is 0 Å². The molecular weight excluding hydrogens is 262 g/mol. The van der Waals surface area contributed by atoms with Crippen molar-refractivity contribution in [3.05, 3.63) is 0 Å². The molecule has 3 amide bonds. The number of Topliss-reactive ketones (excluding diaryl/α,β-unsaturated/α-hetero) is 1. The number of fused-ring (bicyclic) bond motifs is 2. The number of hydroxylamine groups is 2. The van der Waals surface area contributed by atoms with E-state index in [1.807, 2.05) is 0 Å². The molecule has 2 heterocycles. The monoisotopic (exact) mass is 283 g/mol. The molecule has 0 aliphatic carbocycles. The first-order valence-electron chi connectivity index (χ1n) is 6.81. The van der Waals surface area contributed by atoms with E-state index < -0.39 is 17.5 Å². The predicted molar refractivity (Wildman–Crippen MR) is 70.0 cm³/mol. The first kappa shape index (κ1) is 14.8. The second-order valence-electron chi connectivity index (χ2n) is 6.42. The topological polar surface area (TPSA) is 90.0 Å². The second kappa shape index (κ2) is 5.05. The summed E-state index contributed by atoms with van der Waals surface area (Å²) in [7, 11) is 0. The van der Waals surface area contributed by atoms with Gasteiger partial charge in [-0.15, -0.1) is 0 Å². The molecule has 7 heteroatoms. The van der Waals surface area contributed by atoms with Crippen LogP contribution in [0.1, 0.15) is 33.6 Å². The molecule has 2 bridgehead atoms. The normalized spacial score (nSPS) is 25.9. The highest BCUT2D eigenvalue weighted by Crippen LogP contribution is 2.28. The fourth-order valence-electron chi connectivity index (χ4n) is 2.47. The standard InChI is InChI=1S/C13H21N3O4/c1-13(2,3)10(17)6-14-11(18)9-5-4-8-7-15(9)12(19)16(8)20/h8-9,20H,4-7H2,1-3H3,(H,14,18)/t8-,9+/m1/s1. The van der Waals surface area contributed by atoms with E-state index in [9.17, 15) is 19.6 Å². The van der Waals surface area contributed by atoms with Gasteiger partial charge in [0.2, 0.25) is 5.91 Å². The van der Waals surface area contributed by atoms with Crippen molar-refractivity contribution >= 4 is 17.7 Å². The van der Waals surface area contributed by atoms with Crippen molar-refractivity contribution in [3.8, 4) is 0 Å². The van der Waals surface area contributed by atoms with E-state index in [0.717, 1.165) is 0 Å². The van der Waals surface area contributed by atoms with E-state index in [-0.39, 0.29) is 24.3 Å². The number of rotatable bonds is 3. The number of ketones is 1. The Kier molecular flexibility index (Phi) is 3.73. The van der Waals surface area contributed by atoms with Crippen LogP contribution in [0, 0.1) is 5.41 Å². The Hall–Kier alpha value is -1.63. The van der Waals surface area contributed by atoms with Gasteiger partial charge in [-0.25, -0.2) is 9.86 Å². The number of carbonyl (C=O) groups is 3. The maximum atomic E-state index is 12.1. The number of hydrogen-bond acceptors (Lipinski definition) is 4. The Bertz CT molecular complexity index is 443. The molecule has 2 rings (SSSR count). The van der Waals surface area contributed by atoms with Crippen molar-refractivity contribution in [2.45, 2.75) is 45.7 Å². The number of amides is 3. The van der Waals surface area contributed by atoms with Gasteiger partial charge in [-0.3, -0.25) is 14.8 Å². The van der Waals surface area contributed by atoms with E-state index in [2.05, 4.69) is 5.32 Å². The summed E-state index contributed by atoms with van der Waals surface area (Å²) in [5.41, 5.74) is -0.504. The molecular formula is C13H21N3O4. The van der Waals surface area contributed by atoms with Gasteiger partial charge in [0.15, 0.2) is 5.78 Å². The van der Waals surface area contributed by atoms with Gasteiger partial charge in [0.25, 0.3) is 0 Å². The van der Waals surface area contributed by atoms with Crippen molar-refractivity contribution < 1.29 is 19.6 Å². The first-order valence-corrected chi connectivity index (χ1v) is 6.81. The average Bonchev–Trinajstić information content (AvgIpc) is 2.60. The predicted octanol–water partition coefficient (Wildman–Crippen LogP) is 0.376. The molecule has 2 N–H and O–H groups in total. The molecule has 0 unspecified atom stereocenters. The van der Waals surface area contributed by atoms with E-state index in [4.69, 9.17) is 0 Å². The van der Waals surface area contributed by atoms with Crippen LogP contribution in [-0.4, -0.2) is 58.1 Å². The summed E-state index contributed by atoms with van der Waals surface area (Å²) >= 11 is 0. The van der Waals surface area contributed by atoms with Gasteiger partial charge in [0, 0.05) is 12.0 Å². The summed E-state index contributed by atoms with van der Waals surface area (Å²) in [5, 5.41) is 12.8. The van der Waals surface area contributed by atoms with Gasteiger partial charge in [-0.1, -0.05) is 20.8 Å². The summed E-state index contributed by atoms with van der Waals surface area (Å²) < 4.78 is 0. The molecule has 0 aromatic heterocycles. The van der Waals surface area contributed by atoms with Gasteiger partial charge in [-0.2, -0.15) is 0 Å². The third-order valence-corrected chi connectivity index (χ3v) is 3.91. The fraction of sp³-hybridized carbons (Fsp3) is 0.769. The van der Waals surface area contributed by atoms with Crippen LogP contribution in [0.2, 0.25) is 0 Å². The number of urea groups is 1. The highest BCUT2D eigenvalue weighted by atomic mass is 16.5. The van der Waals surface area contributed by atoms with Crippen molar-refractivity contribution in [1.29, 1.82) is 0 Å². The highest BCUT2D eigenvalue weighted by molar-refractivity contribution is 5.93. The van der Waals surface area contributed by atoms with Crippen molar-refractivity contribution in [3.63, 3.8) is 0 Å². The summed E-state index contributed by atoms with van der Waals surface area (Å²) in [6, 6.07) is -1.35. The third-order valence-electron chi connectivity index (χ3n) is 3.91. The lowest BCUT2D eigenvalue weighted by molar-refractivity contribution is -0.131. The summed E-state index contributed by atoms with van der Waals surface area (Å²) in [6.45, 7) is 5.70. The van der Waals surface area contributed by atoms with E-state index >= 15 is 0 Å². The first-order chi connectivity index (χ1) is 9.21. The molecule has 0 aromatic rings. The lowest BCUT2D eigenvalue weighted by Crippen LogP contribution is -2.51. The van der Waals surface area contributed by atoms with Gasteiger partial charge in [-0.05, 0) is 12.8 Å². The number of nitrogens with zero attached hydrogens (tertiary/aromatic N) is 2. The van der Waals surface area contributed by atoms with Crippen LogP contribution < -0.4 is 5.32 Å². The largest absolute Gasteiger partial charge is 0.347 e. The van der Waals surface area contributed by atoms with Gasteiger partial charge >= 0.3 is 6.03 Å². The molecule has 112 valence electrons. The quantitative estimate of drug-likeness (QED) is 0.732. The van der Waals surface area contributed by atoms with Crippen LogP contribution in [0.3, 0.4) is 0 Å². The highest BCUT2D eigenvalue weighted by Gasteiger charge is 2.46. The van der Waals surface area contributed by atoms with Gasteiger partial charge in [0.1, 0.15) is 6.04 Å². The van der Waals surface area contributed by atoms with E-state index in [0.29, 0.717) is 24.4 Å². The van der Waals surface area contributed by atoms with Crippen LogP contribution in [0.4, 0.5) is 4.79 Å². The zero-order valence-electron chi connectivity index (χ0n) is 12.0. The van der Waals surface area contributed by atoms with Crippen LogP contribution in [0.5, 0.6) is 0 Å². The Balaban J connectivity index is 1.94. The Morgan fingerprint density at radius 1 is 1.35 bits per heavy atom. The minimum absolute atomic E-state index is 0.0346. The zero-order valence-corrected chi connectivity index (χ0v) is 12.0. The molecule has 20 heavy (non-hydrogen) atoms. The molecule has 2 saturated heterocycles. The smallest absolute Gasteiger partial charge is 0.344 e. The van der Waals surface area contributed by atoms with Crippen molar-refractivity contribution in [1.82, 2.24) is 15.3 Å². The lowest BCUT2D eigenvalue weighted by Gasteiger charge is -2.29. The van der Waals surface area contributed by atoms with Crippen molar-refractivity contribution in [2.75, 3.05) is 13.1 Å². The maximum Gasteiger partial charge on any atom is 0.344 e. The maximum absolute atomic E-state index is 12.1. The van der Waals surface area contributed by atoms with Crippen LogP contribution >= 0.6 is 0 Å². The minimum atomic E-state index is -0.594. The van der Waals surface area contributed by atoms with Gasteiger partial charge in [0.05, 0.1) is 12.6 Å². The zero-order chi connectivity index (χ0) is 15.1. The molecule has 2 atom stereocenters. The molecule has 7 nitrogen and oxygen atoms in total. The third kappa shape index (κ3) is 2.63. The number of carbonyl (C=O) groups excluding carboxylic acids is 3. The summed E-state index contributed by atoms with van der Waals surface area (Å²) in [6.07, 6.45) is 1.09. The molecule has 0 spiro atoms. The Morgan fingerprint density at radius 2 is 2.00 bits per heavy atom. The number of nitrogens with one attached hydrogen (secondary N) is 1. The Morgan fingerprint density at radius 3 is 2.60 bits per heavy atom. The summed E-state index contributed by atoms with van der Waals surface area (Å²) in [5.74, 6) is -0.388. The molecule has 2 aliphatic heterocycles. The minimum Gasteiger partial charge on any atom is -0.347 e. The SMILES string of the molecule is CC(C)(C)C(=O)CNC(=O)[C@@H]1CC[C@@H]2CN1C(=O)N2O. The number of piperidine rings is 1. The van der Waals surface area contributed by atoms with Crippen LogP contribution in [-0.2, 0) is 9.59 Å². The van der Waals surface area contributed by atoms with E-state index in [1.165, 1.54) is 4.90 Å². The molecule has 2 aliphatic rings. The fourth-order valence-corrected chi connectivity index (χ4v) is 2.47. The van der Waals surface area contributed by atoms with Crippen molar-refractivity contribution in [2.24, 2.45) is 5.41 Å². The Labute approximate surface area is 117 Å². The van der Waals surface area contributed by atoms with Gasteiger partial charge < -0.3 is 10.2 Å². The van der Waals surface area contributed by atoms with Crippen LogP contribution in [0.15, 0.2) is 0 Å². The molecule has 2 fully saturated rings. The lowest BCUT2D eigenvalue weighted by atomic mass is 9.91. The molecule has 0 radical (unpaired) electrons. The van der Waals surface area contributed by atoms with E-state index in [1.54, 1.807) is 20.8 Å². The number of hydrogen-bond donors (Lipinski definition) is 2. The molecule has 0 saturated carbocycles. The second-order valence-corrected chi connectivity index (χ2v) is 6.42. The average molecular weight is 283 g/mol.